The minimum absolute atomic E-state index is 0.427. The van der Waals surface area contributed by atoms with Crippen LogP contribution in [0.2, 0.25) is 0 Å². The Morgan fingerprint density at radius 1 is 1.33 bits per heavy atom. The first-order valence-electron chi connectivity index (χ1n) is 8.39. The van der Waals surface area contributed by atoms with Gasteiger partial charge < -0.3 is 10.6 Å². The molecule has 1 fully saturated rings. The van der Waals surface area contributed by atoms with Crippen molar-refractivity contribution >= 4 is 28.6 Å². The maximum absolute atomic E-state index is 4.36. The van der Waals surface area contributed by atoms with Gasteiger partial charge in [-0.05, 0) is 44.3 Å². The van der Waals surface area contributed by atoms with Crippen molar-refractivity contribution in [1.82, 2.24) is 20.5 Å². The average molecular weight is 364 g/mol. The van der Waals surface area contributed by atoms with E-state index in [2.05, 4.69) is 43.0 Å². The molecular weight excluding hydrogens is 338 g/mol. The molecule has 2 aromatic rings. The molecule has 24 heavy (non-hydrogen) atoms. The van der Waals surface area contributed by atoms with Crippen LogP contribution in [-0.4, -0.2) is 42.5 Å². The summed E-state index contributed by atoms with van der Waals surface area (Å²) in [5.74, 6) is 0.851. The number of thiophene rings is 1. The smallest absolute Gasteiger partial charge is 0.191 e. The van der Waals surface area contributed by atoms with Gasteiger partial charge in [-0.3, -0.25) is 9.89 Å². The minimum atomic E-state index is 0.427. The van der Waals surface area contributed by atoms with Crippen LogP contribution in [0.5, 0.6) is 0 Å². The second-order valence-electron chi connectivity index (χ2n) is 5.94. The molecule has 0 saturated carbocycles. The fraction of sp³-hybridized carbons (Fsp3) is 0.529. The van der Waals surface area contributed by atoms with Crippen LogP contribution in [0.25, 0.3) is 0 Å². The van der Waals surface area contributed by atoms with Crippen LogP contribution in [0.4, 0.5) is 0 Å². The normalized spacial score (nSPS) is 17.2. The number of hydrogen-bond acceptors (Lipinski definition) is 5. The highest BCUT2D eigenvalue weighted by molar-refractivity contribution is 7.10. The molecule has 0 aliphatic carbocycles. The van der Waals surface area contributed by atoms with Gasteiger partial charge in [0.25, 0.3) is 0 Å². The molecule has 1 unspecified atom stereocenters. The predicted octanol–water partition coefficient (Wildman–Crippen LogP) is 3.02. The largest absolute Gasteiger partial charge is 0.354 e. The van der Waals surface area contributed by atoms with Gasteiger partial charge in [0, 0.05) is 23.3 Å². The summed E-state index contributed by atoms with van der Waals surface area (Å²) < 4.78 is 0. The van der Waals surface area contributed by atoms with E-state index in [1.54, 1.807) is 11.3 Å². The highest BCUT2D eigenvalue weighted by atomic mass is 32.1. The predicted molar refractivity (Wildman–Crippen MR) is 103 cm³/mol. The molecule has 130 valence electrons. The number of thiazole rings is 1. The third-order valence-electron chi connectivity index (χ3n) is 4.40. The van der Waals surface area contributed by atoms with Gasteiger partial charge in [-0.25, -0.2) is 4.98 Å². The van der Waals surface area contributed by atoms with Crippen LogP contribution in [-0.2, 0) is 6.54 Å². The Morgan fingerprint density at radius 3 is 2.79 bits per heavy atom. The summed E-state index contributed by atoms with van der Waals surface area (Å²) in [5, 5.41) is 9.07. The van der Waals surface area contributed by atoms with E-state index in [0.29, 0.717) is 6.04 Å². The first-order chi connectivity index (χ1) is 11.8. The molecule has 0 amide bonds. The highest BCUT2D eigenvalue weighted by Crippen LogP contribution is 2.27. The van der Waals surface area contributed by atoms with Crippen molar-refractivity contribution in [3.05, 3.63) is 38.5 Å². The Balaban J connectivity index is 1.57. The van der Waals surface area contributed by atoms with Crippen molar-refractivity contribution in [3.63, 3.8) is 0 Å². The lowest BCUT2D eigenvalue weighted by molar-refractivity contribution is 0.249. The van der Waals surface area contributed by atoms with E-state index in [0.717, 1.165) is 24.7 Å². The third kappa shape index (κ3) is 4.34. The number of aromatic nitrogens is 1. The Hall–Kier alpha value is -1.44. The molecule has 3 heterocycles. The quantitative estimate of drug-likeness (QED) is 0.612. The molecule has 3 rings (SSSR count). The first kappa shape index (κ1) is 17.4. The zero-order valence-electron chi connectivity index (χ0n) is 14.3. The fourth-order valence-electron chi connectivity index (χ4n) is 3.02. The van der Waals surface area contributed by atoms with Crippen LogP contribution in [0.3, 0.4) is 0 Å². The minimum Gasteiger partial charge on any atom is -0.354 e. The maximum atomic E-state index is 4.36. The molecule has 2 N–H and O–H groups in total. The van der Waals surface area contributed by atoms with Crippen LogP contribution in [0.1, 0.15) is 34.3 Å². The van der Waals surface area contributed by atoms with E-state index in [4.69, 9.17) is 0 Å². The lowest BCUT2D eigenvalue weighted by Gasteiger charge is -2.27. The SMILES string of the molecule is CN=C(NCc1scnc1C)NCC(c1cccs1)N1CCCC1. The molecule has 7 heteroatoms. The maximum Gasteiger partial charge on any atom is 0.191 e. The van der Waals surface area contributed by atoms with Crippen molar-refractivity contribution < 1.29 is 0 Å². The second-order valence-corrected chi connectivity index (χ2v) is 7.86. The Kier molecular flexibility index (Phi) is 6.23. The van der Waals surface area contributed by atoms with E-state index in [1.165, 1.54) is 35.7 Å². The van der Waals surface area contributed by atoms with Gasteiger partial charge in [0.2, 0.25) is 0 Å². The lowest BCUT2D eigenvalue weighted by atomic mass is 10.2. The van der Waals surface area contributed by atoms with Crippen LogP contribution >= 0.6 is 22.7 Å². The van der Waals surface area contributed by atoms with Crippen molar-refractivity contribution in [2.24, 2.45) is 4.99 Å². The van der Waals surface area contributed by atoms with Gasteiger partial charge in [0.15, 0.2) is 5.96 Å². The monoisotopic (exact) mass is 363 g/mol. The number of likely N-dealkylation sites (tertiary alicyclic amines) is 1. The topological polar surface area (TPSA) is 52.6 Å². The van der Waals surface area contributed by atoms with Gasteiger partial charge in [0.1, 0.15) is 0 Å². The second kappa shape index (κ2) is 8.60. The summed E-state index contributed by atoms with van der Waals surface area (Å²) in [5.41, 5.74) is 2.99. The third-order valence-corrected chi connectivity index (χ3v) is 6.31. The molecule has 1 atom stereocenters. The first-order valence-corrected chi connectivity index (χ1v) is 10.1. The van der Waals surface area contributed by atoms with E-state index in [-0.39, 0.29) is 0 Å². The number of rotatable bonds is 6. The van der Waals surface area contributed by atoms with Crippen LogP contribution in [0.15, 0.2) is 28.0 Å². The van der Waals surface area contributed by atoms with Gasteiger partial charge >= 0.3 is 0 Å². The zero-order chi connectivity index (χ0) is 16.8. The number of aliphatic imine (C=N–C) groups is 1. The van der Waals surface area contributed by atoms with Crippen molar-refractivity contribution in [3.8, 4) is 0 Å². The molecule has 1 saturated heterocycles. The van der Waals surface area contributed by atoms with E-state index >= 15 is 0 Å². The number of aryl methyl sites for hydroxylation is 1. The van der Waals surface area contributed by atoms with Crippen molar-refractivity contribution in [2.75, 3.05) is 26.7 Å². The summed E-state index contributed by atoms with van der Waals surface area (Å²) in [6.07, 6.45) is 2.61. The number of nitrogens with zero attached hydrogens (tertiary/aromatic N) is 3. The Morgan fingerprint density at radius 2 is 2.17 bits per heavy atom. The summed E-state index contributed by atoms with van der Waals surface area (Å²) in [6, 6.07) is 4.81. The van der Waals surface area contributed by atoms with E-state index in [9.17, 15) is 0 Å². The molecule has 0 aromatic carbocycles. The average Bonchev–Trinajstić information content (AvgIpc) is 3.34. The molecule has 0 bridgehead atoms. The molecule has 2 aromatic heterocycles. The number of hydrogen-bond donors (Lipinski definition) is 2. The van der Waals surface area contributed by atoms with Crippen molar-refractivity contribution in [1.29, 1.82) is 0 Å². The van der Waals surface area contributed by atoms with E-state index < -0.39 is 0 Å². The van der Waals surface area contributed by atoms with E-state index in [1.807, 2.05) is 30.8 Å². The number of guanidine groups is 1. The summed E-state index contributed by atoms with van der Waals surface area (Å²) >= 11 is 3.52. The molecule has 5 nitrogen and oxygen atoms in total. The van der Waals surface area contributed by atoms with Gasteiger partial charge in [-0.15, -0.1) is 22.7 Å². The van der Waals surface area contributed by atoms with Crippen LogP contribution < -0.4 is 10.6 Å². The van der Waals surface area contributed by atoms with Crippen LogP contribution in [0, 0.1) is 6.92 Å². The van der Waals surface area contributed by atoms with Gasteiger partial charge in [-0.1, -0.05) is 6.07 Å². The standard InChI is InChI=1S/C17H25N5S2/c1-13-16(24-12-21-13)11-20-17(18-2)19-10-14(15-6-5-9-23-15)22-7-3-4-8-22/h5-6,9,12,14H,3-4,7-8,10-11H2,1-2H3,(H2,18,19,20). The Bertz CT molecular complexity index is 644. The van der Waals surface area contributed by atoms with Crippen molar-refractivity contribution in [2.45, 2.75) is 32.4 Å². The van der Waals surface area contributed by atoms with Gasteiger partial charge in [0.05, 0.1) is 23.8 Å². The lowest BCUT2D eigenvalue weighted by Crippen LogP contribution is -2.42. The molecule has 0 radical (unpaired) electrons. The molecule has 0 spiro atoms. The summed E-state index contributed by atoms with van der Waals surface area (Å²) in [7, 11) is 1.82. The summed E-state index contributed by atoms with van der Waals surface area (Å²) in [6.45, 7) is 6.07. The summed E-state index contributed by atoms with van der Waals surface area (Å²) in [4.78, 5) is 13.9. The molecule has 1 aliphatic heterocycles. The zero-order valence-corrected chi connectivity index (χ0v) is 15.9. The molecular formula is C17H25N5S2. The number of nitrogens with one attached hydrogen (secondary N) is 2. The molecule has 1 aliphatic rings. The highest BCUT2D eigenvalue weighted by Gasteiger charge is 2.24. The van der Waals surface area contributed by atoms with Gasteiger partial charge in [-0.2, -0.15) is 0 Å². The fourth-order valence-corrected chi connectivity index (χ4v) is 4.60. The Labute approximate surface area is 151 Å².